The minimum absolute atomic E-state index is 0.599. The Bertz CT molecular complexity index is 863. The van der Waals surface area contributed by atoms with E-state index >= 15 is 0 Å². The van der Waals surface area contributed by atoms with E-state index in [1.807, 2.05) is 19.4 Å². The van der Waals surface area contributed by atoms with E-state index in [0.29, 0.717) is 12.3 Å². The highest BCUT2D eigenvalue weighted by molar-refractivity contribution is 7.09. The van der Waals surface area contributed by atoms with Gasteiger partial charge in [0.25, 0.3) is 5.78 Å². The van der Waals surface area contributed by atoms with Crippen molar-refractivity contribution in [3.63, 3.8) is 0 Å². The number of thiazole rings is 1. The third-order valence-electron chi connectivity index (χ3n) is 3.89. The monoisotopic (exact) mass is 346 g/mol. The van der Waals surface area contributed by atoms with Crippen molar-refractivity contribution in [3.05, 3.63) is 33.7 Å². The third kappa shape index (κ3) is 2.99. The van der Waals surface area contributed by atoms with Crippen LogP contribution in [-0.2, 0) is 18.6 Å². The van der Waals surface area contributed by atoms with Gasteiger partial charge in [0.1, 0.15) is 22.8 Å². The molecule has 0 aliphatic carbocycles. The van der Waals surface area contributed by atoms with E-state index in [1.165, 1.54) is 17.7 Å². The number of rotatable bonds is 5. The highest BCUT2D eigenvalue weighted by Crippen LogP contribution is 2.27. The number of aromatic nitrogens is 5. The predicted molar refractivity (Wildman–Crippen MR) is 94.4 cm³/mol. The van der Waals surface area contributed by atoms with Crippen LogP contribution in [0.25, 0.3) is 5.78 Å². The average molecular weight is 346 g/mol. The van der Waals surface area contributed by atoms with E-state index < -0.39 is 5.60 Å². The van der Waals surface area contributed by atoms with Gasteiger partial charge in [-0.25, -0.2) is 9.97 Å². The number of hydrogen-bond acceptors (Lipinski definition) is 7. The summed E-state index contributed by atoms with van der Waals surface area (Å²) in [7, 11) is 2.01. The summed E-state index contributed by atoms with van der Waals surface area (Å²) >= 11 is 1.48. The van der Waals surface area contributed by atoms with Gasteiger partial charge in [0.2, 0.25) is 0 Å². The molecule has 0 aliphatic rings. The lowest BCUT2D eigenvalue weighted by molar-refractivity contribution is 0.0781. The lowest BCUT2D eigenvalue weighted by atomic mass is 10.1. The van der Waals surface area contributed by atoms with Gasteiger partial charge in [-0.05, 0) is 27.2 Å². The molecule has 0 fully saturated rings. The molecule has 0 bridgehead atoms. The van der Waals surface area contributed by atoms with E-state index in [9.17, 15) is 5.11 Å². The molecule has 3 rings (SSSR count). The first-order valence-electron chi connectivity index (χ1n) is 7.89. The quantitative estimate of drug-likeness (QED) is 0.764. The highest BCUT2D eigenvalue weighted by Gasteiger charge is 2.22. The summed E-state index contributed by atoms with van der Waals surface area (Å²) in [4.78, 5) is 15.4. The van der Waals surface area contributed by atoms with Gasteiger partial charge in [0.05, 0.1) is 12.2 Å². The first-order chi connectivity index (χ1) is 11.3. The molecule has 0 unspecified atom stereocenters. The SMILES string of the molecule is CCc1c(C)nc2ncnn2c1N(C)Cc1csc(C(C)(C)O)n1. The molecular weight excluding hydrogens is 324 g/mol. The van der Waals surface area contributed by atoms with Crippen molar-refractivity contribution in [3.8, 4) is 0 Å². The van der Waals surface area contributed by atoms with Crippen molar-refractivity contribution in [1.29, 1.82) is 0 Å². The van der Waals surface area contributed by atoms with Crippen molar-refractivity contribution >= 4 is 22.9 Å². The second-order valence-corrected chi connectivity index (χ2v) is 7.24. The lowest BCUT2D eigenvalue weighted by Crippen LogP contribution is -2.23. The Labute approximate surface area is 145 Å². The zero-order valence-electron chi connectivity index (χ0n) is 14.6. The Balaban J connectivity index is 1.98. The number of nitrogens with zero attached hydrogens (tertiary/aromatic N) is 6. The molecule has 0 amide bonds. The minimum Gasteiger partial charge on any atom is -0.383 e. The molecule has 3 heterocycles. The third-order valence-corrected chi connectivity index (χ3v) is 5.10. The van der Waals surface area contributed by atoms with Crippen LogP contribution >= 0.6 is 11.3 Å². The Morgan fingerprint density at radius 3 is 2.71 bits per heavy atom. The van der Waals surface area contributed by atoms with Crippen molar-refractivity contribution in [2.45, 2.75) is 46.3 Å². The van der Waals surface area contributed by atoms with Gasteiger partial charge in [0.15, 0.2) is 0 Å². The fourth-order valence-electron chi connectivity index (χ4n) is 2.75. The fraction of sp³-hybridized carbons (Fsp3) is 0.500. The topological polar surface area (TPSA) is 79.4 Å². The normalized spacial score (nSPS) is 12.1. The molecule has 0 aromatic carbocycles. The van der Waals surface area contributed by atoms with Crippen molar-refractivity contribution in [2.24, 2.45) is 0 Å². The molecule has 0 atom stereocenters. The molecule has 0 radical (unpaired) electrons. The van der Waals surface area contributed by atoms with E-state index in [1.54, 1.807) is 18.4 Å². The smallest absolute Gasteiger partial charge is 0.254 e. The molecule has 3 aromatic heterocycles. The van der Waals surface area contributed by atoms with Crippen LogP contribution in [0.1, 0.15) is 42.7 Å². The van der Waals surface area contributed by atoms with Gasteiger partial charge < -0.3 is 10.0 Å². The van der Waals surface area contributed by atoms with Gasteiger partial charge in [-0.15, -0.1) is 11.3 Å². The Morgan fingerprint density at radius 2 is 2.08 bits per heavy atom. The van der Waals surface area contributed by atoms with Crippen LogP contribution in [-0.4, -0.2) is 36.7 Å². The van der Waals surface area contributed by atoms with Gasteiger partial charge in [-0.1, -0.05) is 6.92 Å². The van der Waals surface area contributed by atoms with Crippen LogP contribution in [0.5, 0.6) is 0 Å². The number of aliphatic hydroxyl groups is 1. The molecule has 7 nitrogen and oxygen atoms in total. The number of aryl methyl sites for hydroxylation is 1. The van der Waals surface area contributed by atoms with Crippen LogP contribution in [0, 0.1) is 6.92 Å². The summed E-state index contributed by atoms with van der Waals surface area (Å²) in [5, 5.41) is 17.1. The van der Waals surface area contributed by atoms with E-state index in [4.69, 9.17) is 0 Å². The van der Waals surface area contributed by atoms with Crippen molar-refractivity contribution < 1.29 is 5.11 Å². The predicted octanol–water partition coefficient (Wildman–Crippen LogP) is 2.32. The van der Waals surface area contributed by atoms with Gasteiger partial charge in [0, 0.05) is 23.7 Å². The summed E-state index contributed by atoms with van der Waals surface area (Å²) in [5.74, 6) is 1.58. The summed E-state index contributed by atoms with van der Waals surface area (Å²) in [6.45, 7) is 8.23. The summed E-state index contributed by atoms with van der Waals surface area (Å²) in [6, 6.07) is 0. The second-order valence-electron chi connectivity index (χ2n) is 6.38. The largest absolute Gasteiger partial charge is 0.383 e. The summed E-state index contributed by atoms with van der Waals surface area (Å²) < 4.78 is 1.77. The second kappa shape index (κ2) is 6.10. The first kappa shape index (κ1) is 16.8. The standard InChI is InChI=1S/C16H22N6OS/c1-6-12-10(2)19-15-17-9-18-22(15)13(12)21(5)7-11-8-24-14(20-11)16(3,4)23/h8-9,23H,6-7H2,1-5H3. The average Bonchev–Trinajstić information content (AvgIpc) is 3.13. The molecule has 0 aliphatic heterocycles. The minimum atomic E-state index is -0.914. The van der Waals surface area contributed by atoms with Gasteiger partial charge in [-0.2, -0.15) is 14.6 Å². The van der Waals surface area contributed by atoms with Crippen LogP contribution in [0.4, 0.5) is 5.82 Å². The fourth-order valence-corrected chi connectivity index (χ4v) is 3.59. The number of hydrogen-bond donors (Lipinski definition) is 1. The first-order valence-corrected chi connectivity index (χ1v) is 8.76. The van der Waals surface area contributed by atoms with Crippen molar-refractivity contribution in [1.82, 2.24) is 24.6 Å². The number of fused-ring (bicyclic) bond motifs is 1. The van der Waals surface area contributed by atoms with Crippen LogP contribution < -0.4 is 4.90 Å². The van der Waals surface area contributed by atoms with Gasteiger partial charge >= 0.3 is 0 Å². The highest BCUT2D eigenvalue weighted by atomic mass is 32.1. The van der Waals surface area contributed by atoms with Gasteiger partial charge in [-0.3, -0.25) is 0 Å². The van der Waals surface area contributed by atoms with E-state index in [2.05, 4.69) is 31.9 Å². The van der Waals surface area contributed by atoms with E-state index in [0.717, 1.165) is 34.2 Å². The maximum atomic E-state index is 10.1. The molecule has 0 saturated carbocycles. The van der Waals surface area contributed by atoms with Crippen molar-refractivity contribution in [2.75, 3.05) is 11.9 Å². The molecule has 24 heavy (non-hydrogen) atoms. The molecule has 0 spiro atoms. The maximum Gasteiger partial charge on any atom is 0.254 e. The molecule has 0 saturated heterocycles. The summed E-state index contributed by atoms with van der Waals surface area (Å²) in [5.41, 5.74) is 2.12. The molecule has 1 N–H and O–H groups in total. The molecular formula is C16H22N6OS. The van der Waals surface area contributed by atoms with E-state index in [-0.39, 0.29) is 0 Å². The zero-order valence-corrected chi connectivity index (χ0v) is 15.4. The summed E-state index contributed by atoms with van der Waals surface area (Å²) in [6.07, 6.45) is 2.38. The molecule has 128 valence electrons. The Kier molecular flexibility index (Phi) is 4.27. The molecule has 3 aromatic rings. The Morgan fingerprint density at radius 1 is 1.33 bits per heavy atom. The lowest BCUT2D eigenvalue weighted by Gasteiger charge is -2.22. The molecule has 8 heteroatoms. The van der Waals surface area contributed by atoms with Crippen LogP contribution in [0.15, 0.2) is 11.7 Å². The van der Waals surface area contributed by atoms with Crippen LogP contribution in [0.3, 0.4) is 0 Å². The number of anilines is 1. The zero-order chi connectivity index (χ0) is 17.5. The maximum absolute atomic E-state index is 10.1. The Hall–Kier alpha value is -2.06. The van der Waals surface area contributed by atoms with Crippen LogP contribution in [0.2, 0.25) is 0 Å².